The van der Waals surface area contributed by atoms with E-state index in [0.29, 0.717) is 117 Å². The number of ether oxygens (including phenoxy) is 7. The summed E-state index contributed by atoms with van der Waals surface area (Å²) in [4.78, 5) is 68.4. The van der Waals surface area contributed by atoms with Crippen LogP contribution in [0.1, 0.15) is 81.5 Å². The summed E-state index contributed by atoms with van der Waals surface area (Å²) in [5.41, 5.74) is 31.2. The molecule has 32 heteroatoms. The predicted octanol–water partition coefficient (Wildman–Crippen LogP) is 1.55. The van der Waals surface area contributed by atoms with E-state index in [-0.39, 0.29) is 54.3 Å². The van der Waals surface area contributed by atoms with E-state index in [2.05, 4.69) is 96.5 Å². The Labute approximate surface area is 561 Å². The first-order valence-electron chi connectivity index (χ1n) is 32.7. The zero-order valence-corrected chi connectivity index (χ0v) is 56.3. The number of rotatable bonds is 23. The van der Waals surface area contributed by atoms with Crippen molar-refractivity contribution >= 4 is 62.8 Å². The number of aliphatic hydroxyl groups is 2. The van der Waals surface area contributed by atoms with Crippen LogP contribution in [0, 0.1) is 13.8 Å². The number of nitrogens with one attached hydrogen (secondary N) is 2. The van der Waals surface area contributed by atoms with Gasteiger partial charge in [-0.15, -0.1) is 0 Å². The molecule has 0 bridgehead atoms. The van der Waals surface area contributed by atoms with Gasteiger partial charge in [0.2, 0.25) is 11.8 Å². The fourth-order valence-corrected chi connectivity index (χ4v) is 13.0. The normalized spacial score (nSPS) is 25.4. The Morgan fingerprint density at radius 1 is 0.515 bits per heavy atom. The van der Waals surface area contributed by atoms with Crippen LogP contribution in [0.3, 0.4) is 0 Å². The lowest BCUT2D eigenvalue weighted by Crippen LogP contribution is -2.41. The van der Waals surface area contributed by atoms with Gasteiger partial charge in [0.25, 0.3) is 0 Å². The standard InChI is InChI=1S/C26H35N7O4.C23H31N7O4.C16H25N7O3/c1-16-6-5-7-17(12-16)8-9-19(34)28-10-11-32(4)13-18-21-22(37-26(2,3)36-21)25(35-18)33-15-31-20-23(27)29-14-30-24(20)33;1-14-4-3-5-15(10-14)6-7-17(31)25-8-9-29(2)11-16-19(32)20(33)23(34-16)30-13-28-18-21(24)26-12-27-22(18)30;1-16(2)25-11-9(6-22(3)5-4-17)24-15(12(11)26-16)23-8-21-10-13(18)19-7-20-14(10)23/h5-7,12,14-15,18,21-22,25H,8-11,13H2,1-4H3,(H,28,34)(H2,27,29,30);3-5,10,12-13,16,19-20,23,32-33H,6-9,11H2,1-2H3,(H,25,31)(H2,24,26,27);7-9,11-12,15H,4-6,17H2,1-3H3,(H2,18,19,20)/t18-,21-,22-,25-;16-,19-,20-,23-;9-,11-,12-,15-/m111/s1. The summed E-state index contributed by atoms with van der Waals surface area (Å²) in [5.74, 6) is -0.471. The van der Waals surface area contributed by atoms with Gasteiger partial charge in [0, 0.05) is 71.7 Å². The number of likely N-dealkylation sites (N-methyl/N-ethyl adjacent to an activating group) is 3. The van der Waals surface area contributed by atoms with E-state index in [1.54, 1.807) is 17.2 Å². The molecule has 0 saturated carbocycles. The molecule has 0 radical (unpaired) electrons. The Morgan fingerprint density at radius 3 is 1.29 bits per heavy atom. The molecule has 522 valence electrons. The SMILES string of the molecule is CN(CCN)C[C@H]1O[C@@H](n2cnc3c(N)ncnc32)[C@@H]2OC(C)(C)O[C@@H]21.Cc1cccc(CCC(=O)NCCN(C)C[C@H]2O[C@@H](n3cnc4c(N)ncnc43)[C@@H]3OC(C)(C)O[C@@H]32)c1.Cc1cccc(CCC(=O)NCCN(C)C[C@H]2O[C@@H](n3cnc4c(N)ncnc43)[C@H](O)[C@@H]2O)c1. The second kappa shape index (κ2) is 30.4. The van der Waals surface area contributed by atoms with Crippen molar-refractivity contribution in [2.75, 3.05) is 97.2 Å². The average Bonchev–Trinajstić information content (AvgIpc) is 1.61. The van der Waals surface area contributed by atoms with Crippen molar-refractivity contribution in [2.24, 2.45) is 5.73 Å². The number of anilines is 3. The molecule has 11 heterocycles. The highest BCUT2D eigenvalue weighted by Gasteiger charge is 2.58. The van der Waals surface area contributed by atoms with Crippen LogP contribution in [0.4, 0.5) is 17.5 Å². The molecular weight excluding hydrogens is 1250 g/mol. The van der Waals surface area contributed by atoms with Crippen molar-refractivity contribution in [3.8, 4) is 0 Å². The van der Waals surface area contributed by atoms with Gasteiger partial charge in [-0.05, 0) is 86.7 Å². The highest BCUT2D eigenvalue weighted by atomic mass is 16.8. The van der Waals surface area contributed by atoms with Crippen molar-refractivity contribution < 1.29 is 53.0 Å². The highest BCUT2D eigenvalue weighted by molar-refractivity contribution is 5.83. The number of aliphatic hydroxyl groups excluding tert-OH is 2. The number of fused-ring (bicyclic) bond motifs is 5. The van der Waals surface area contributed by atoms with Gasteiger partial charge < -0.3 is 91.6 Å². The molecule has 32 nitrogen and oxygen atoms in total. The lowest BCUT2D eigenvalue weighted by molar-refractivity contribution is -0.197. The third-order valence-electron chi connectivity index (χ3n) is 17.6. The number of hydrogen-bond acceptors (Lipinski definition) is 27. The number of imidazole rings is 3. The number of nitrogens with zero attached hydrogens (tertiary/aromatic N) is 15. The monoisotopic (exact) mass is 1340 g/mol. The van der Waals surface area contributed by atoms with Crippen LogP contribution in [-0.2, 0) is 55.6 Å². The molecule has 5 aliphatic rings. The van der Waals surface area contributed by atoms with Crippen molar-refractivity contribution in [1.29, 1.82) is 0 Å². The lowest BCUT2D eigenvalue weighted by atomic mass is 10.1. The van der Waals surface area contributed by atoms with Crippen molar-refractivity contribution in [2.45, 2.75) is 152 Å². The zero-order valence-electron chi connectivity index (χ0n) is 56.3. The Balaban J connectivity index is 0.000000150. The number of nitrogens with two attached hydrogens (primary N) is 4. The molecule has 0 unspecified atom stereocenters. The minimum absolute atomic E-state index is 0.00390. The van der Waals surface area contributed by atoms with Crippen LogP contribution < -0.4 is 33.6 Å². The van der Waals surface area contributed by atoms with E-state index < -0.39 is 48.6 Å². The molecule has 12 N–H and O–H groups in total. The molecule has 97 heavy (non-hydrogen) atoms. The Bertz CT molecular complexity index is 3980. The number of carbonyl (C=O) groups excluding carboxylic acids is 2. The van der Waals surface area contributed by atoms with Gasteiger partial charge in [0.1, 0.15) is 90.5 Å². The van der Waals surface area contributed by atoms with Gasteiger partial charge in [0.05, 0.1) is 19.0 Å². The summed E-state index contributed by atoms with van der Waals surface area (Å²) < 4.78 is 48.7. The van der Waals surface area contributed by atoms with Crippen LogP contribution in [0.25, 0.3) is 33.5 Å². The van der Waals surface area contributed by atoms with Gasteiger partial charge in [-0.1, -0.05) is 59.7 Å². The number of aromatic nitrogens is 12. The molecular formula is C65H91N21O11. The summed E-state index contributed by atoms with van der Waals surface area (Å²) >= 11 is 0. The van der Waals surface area contributed by atoms with Gasteiger partial charge in [-0.2, -0.15) is 0 Å². The quantitative estimate of drug-likeness (QED) is 0.0450. The molecule has 0 aliphatic carbocycles. The van der Waals surface area contributed by atoms with Gasteiger partial charge in [0.15, 0.2) is 64.7 Å². The average molecular weight is 1340 g/mol. The van der Waals surface area contributed by atoms with Crippen molar-refractivity contribution in [1.82, 2.24) is 83.9 Å². The highest BCUT2D eigenvalue weighted by Crippen LogP contribution is 2.46. The molecule has 5 fully saturated rings. The second-order valence-electron chi connectivity index (χ2n) is 26.3. The van der Waals surface area contributed by atoms with E-state index in [9.17, 15) is 19.8 Å². The lowest BCUT2D eigenvalue weighted by Gasteiger charge is -2.27. The minimum atomic E-state index is -1.16. The third-order valence-corrected chi connectivity index (χ3v) is 17.6. The van der Waals surface area contributed by atoms with Gasteiger partial charge >= 0.3 is 0 Å². The fraction of sp³-hybridized carbons (Fsp3) is 0.554. The molecule has 6 aromatic heterocycles. The predicted molar refractivity (Wildman–Crippen MR) is 357 cm³/mol. The first kappa shape index (κ1) is 70.2. The molecule has 2 amide bonds. The minimum Gasteiger partial charge on any atom is -0.387 e. The Morgan fingerprint density at radius 2 is 0.887 bits per heavy atom. The molecule has 8 aromatic rings. The molecule has 5 aliphatic heterocycles. The molecule has 2 aromatic carbocycles. The van der Waals surface area contributed by atoms with E-state index in [1.807, 2.05) is 94.1 Å². The van der Waals surface area contributed by atoms with E-state index in [0.717, 1.165) is 18.5 Å². The first-order valence-corrected chi connectivity index (χ1v) is 32.7. The first-order chi connectivity index (χ1) is 46.4. The smallest absolute Gasteiger partial charge is 0.220 e. The number of nitrogen functional groups attached to an aromatic ring is 3. The van der Waals surface area contributed by atoms with Gasteiger partial charge in [-0.3, -0.25) is 23.3 Å². The topological polar surface area (TPSA) is 408 Å². The molecule has 12 atom stereocenters. The largest absolute Gasteiger partial charge is 0.387 e. The maximum atomic E-state index is 12.3. The summed E-state index contributed by atoms with van der Waals surface area (Å²) in [6, 6.07) is 16.4. The van der Waals surface area contributed by atoms with Crippen LogP contribution in [0.5, 0.6) is 0 Å². The number of hydrogen-bond donors (Lipinski definition) is 8. The summed E-state index contributed by atoms with van der Waals surface area (Å²) in [6.07, 6.45) is 5.23. The fourth-order valence-electron chi connectivity index (χ4n) is 13.0. The van der Waals surface area contributed by atoms with Crippen LogP contribution in [0.2, 0.25) is 0 Å². The van der Waals surface area contributed by atoms with Crippen molar-refractivity contribution in [3.05, 3.63) is 109 Å². The summed E-state index contributed by atoms with van der Waals surface area (Å²) in [6.45, 7) is 17.1. The van der Waals surface area contributed by atoms with Crippen molar-refractivity contribution in [3.63, 3.8) is 0 Å². The maximum Gasteiger partial charge on any atom is 0.220 e. The number of amides is 2. The molecule has 13 rings (SSSR count). The van der Waals surface area contributed by atoms with E-state index >= 15 is 0 Å². The summed E-state index contributed by atoms with van der Waals surface area (Å²) in [7, 11) is 5.89. The van der Waals surface area contributed by atoms with Crippen LogP contribution >= 0.6 is 0 Å². The van der Waals surface area contributed by atoms with Crippen LogP contribution in [-0.4, -0.2) is 242 Å². The molecule has 0 spiro atoms. The number of benzene rings is 2. The number of carbonyl (C=O) groups is 2. The van der Waals surface area contributed by atoms with Crippen LogP contribution in [0.15, 0.2) is 86.5 Å². The Hall–Kier alpha value is -8.09. The van der Waals surface area contributed by atoms with Gasteiger partial charge in [-0.25, -0.2) is 44.9 Å². The summed E-state index contributed by atoms with van der Waals surface area (Å²) in [5, 5.41) is 27.1. The van der Waals surface area contributed by atoms with E-state index in [1.165, 1.54) is 42.0 Å². The molecule has 5 saturated heterocycles. The third kappa shape index (κ3) is 16.6. The number of aryl methyl sites for hydroxylation is 4. The zero-order chi connectivity index (χ0) is 68.9. The Kier molecular flexibility index (Phi) is 22.0. The van der Waals surface area contributed by atoms with E-state index in [4.69, 9.17) is 56.1 Å². The second-order valence-corrected chi connectivity index (χ2v) is 26.3. The maximum absolute atomic E-state index is 12.3.